The SMILES string of the molecule is CSCCCC(O)Cc1ccc(OC(F)(F)F)cc1. The van der Waals surface area contributed by atoms with Crippen molar-refractivity contribution < 1.29 is 23.0 Å². The molecule has 0 aliphatic rings. The van der Waals surface area contributed by atoms with Gasteiger partial charge in [0.2, 0.25) is 0 Å². The van der Waals surface area contributed by atoms with Crippen LogP contribution in [0.25, 0.3) is 0 Å². The number of alkyl halides is 3. The fourth-order valence-corrected chi connectivity index (χ4v) is 2.12. The normalized spacial score (nSPS) is 13.3. The summed E-state index contributed by atoms with van der Waals surface area (Å²) >= 11 is 1.72. The molecule has 19 heavy (non-hydrogen) atoms. The van der Waals surface area contributed by atoms with Gasteiger partial charge >= 0.3 is 6.36 Å². The minimum Gasteiger partial charge on any atom is -0.406 e. The van der Waals surface area contributed by atoms with Gasteiger partial charge in [0.15, 0.2) is 0 Å². The van der Waals surface area contributed by atoms with Gasteiger partial charge in [-0.1, -0.05) is 12.1 Å². The molecule has 0 amide bonds. The van der Waals surface area contributed by atoms with E-state index in [1.54, 1.807) is 23.9 Å². The van der Waals surface area contributed by atoms with E-state index in [4.69, 9.17) is 0 Å². The van der Waals surface area contributed by atoms with Gasteiger partial charge in [0.1, 0.15) is 5.75 Å². The second-order valence-corrected chi connectivity index (χ2v) is 5.17. The number of aliphatic hydroxyl groups excluding tert-OH is 1. The van der Waals surface area contributed by atoms with Gasteiger partial charge in [0.25, 0.3) is 0 Å². The number of thioether (sulfide) groups is 1. The summed E-state index contributed by atoms with van der Waals surface area (Å²) in [6.45, 7) is 0. The minimum atomic E-state index is -4.67. The molecular formula is C13H17F3O2S. The predicted octanol–water partition coefficient (Wildman–Crippen LogP) is 3.63. The Morgan fingerprint density at radius 3 is 2.42 bits per heavy atom. The van der Waals surface area contributed by atoms with Crippen molar-refractivity contribution in [3.05, 3.63) is 29.8 Å². The Kier molecular flexibility index (Phi) is 6.51. The fraction of sp³-hybridized carbons (Fsp3) is 0.538. The molecule has 0 saturated carbocycles. The van der Waals surface area contributed by atoms with E-state index in [1.807, 2.05) is 6.26 Å². The van der Waals surface area contributed by atoms with Crippen molar-refractivity contribution in [1.82, 2.24) is 0 Å². The van der Waals surface area contributed by atoms with Crippen LogP contribution in [-0.2, 0) is 6.42 Å². The topological polar surface area (TPSA) is 29.5 Å². The molecule has 1 N–H and O–H groups in total. The largest absolute Gasteiger partial charge is 0.573 e. The Labute approximate surface area is 115 Å². The Morgan fingerprint density at radius 1 is 1.26 bits per heavy atom. The first-order chi connectivity index (χ1) is 8.90. The highest BCUT2D eigenvalue weighted by Crippen LogP contribution is 2.23. The molecule has 0 radical (unpaired) electrons. The maximum atomic E-state index is 12.0. The fourth-order valence-electron chi connectivity index (χ4n) is 1.66. The van der Waals surface area contributed by atoms with Gasteiger partial charge in [0, 0.05) is 0 Å². The lowest BCUT2D eigenvalue weighted by atomic mass is 10.0. The number of ether oxygens (including phenoxy) is 1. The molecular weight excluding hydrogens is 277 g/mol. The molecule has 0 aliphatic heterocycles. The highest BCUT2D eigenvalue weighted by Gasteiger charge is 2.30. The zero-order valence-corrected chi connectivity index (χ0v) is 11.4. The number of halogens is 3. The summed E-state index contributed by atoms with van der Waals surface area (Å²) in [6.07, 6.45) is -1.05. The van der Waals surface area contributed by atoms with E-state index in [9.17, 15) is 18.3 Å². The maximum Gasteiger partial charge on any atom is 0.573 e. The van der Waals surface area contributed by atoms with E-state index in [2.05, 4.69) is 4.74 Å². The quantitative estimate of drug-likeness (QED) is 0.779. The van der Waals surface area contributed by atoms with E-state index in [0.717, 1.165) is 17.7 Å². The third-order valence-corrected chi connectivity index (χ3v) is 3.21. The van der Waals surface area contributed by atoms with Crippen LogP contribution in [0.3, 0.4) is 0 Å². The van der Waals surface area contributed by atoms with Crippen LogP contribution in [0.15, 0.2) is 24.3 Å². The number of hydrogen-bond acceptors (Lipinski definition) is 3. The van der Waals surface area contributed by atoms with Crippen LogP contribution in [-0.4, -0.2) is 29.6 Å². The molecule has 0 saturated heterocycles. The summed E-state index contributed by atoms with van der Waals surface area (Å²) < 4.78 is 39.7. The van der Waals surface area contributed by atoms with Crippen LogP contribution in [0.1, 0.15) is 18.4 Å². The van der Waals surface area contributed by atoms with Gasteiger partial charge in [-0.25, -0.2) is 0 Å². The van der Waals surface area contributed by atoms with Gasteiger partial charge < -0.3 is 9.84 Å². The van der Waals surface area contributed by atoms with E-state index >= 15 is 0 Å². The van der Waals surface area contributed by atoms with Crippen molar-refractivity contribution in [2.75, 3.05) is 12.0 Å². The third kappa shape index (κ3) is 7.32. The summed E-state index contributed by atoms with van der Waals surface area (Å²) in [5.74, 6) is 0.753. The lowest BCUT2D eigenvalue weighted by molar-refractivity contribution is -0.274. The van der Waals surface area contributed by atoms with Crippen LogP contribution in [0, 0.1) is 0 Å². The molecule has 1 rings (SSSR count). The lowest BCUT2D eigenvalue weighted by Gasteiger charge is -2.12. The lowest BCUT2D eigenvalue weighted by Crippen LogP contribution is -2.17. The molecule has 1 aromatic carbocycles. The molecule has 0 fully saturated rings. The predicted molar refractivity (Wildman–Crippen MR) is 70.5 cm³/mol. The number of hydrogen-bond donors (Lipinski definition) is 1. The zero-order valence-electron chi connectivity index (χ0n) is 10.6. The molecule has 2 nitrogen and oxygen atoms in total. The minimum absolute atomic E-state index is 0.242. The molecule has 108 valence electrons. The van der Waals surface area contributed by atoms with Crippen LogP contribution in [0.4, 0.5) is 13.2 Å². The summed E-state index contributed by atoms with van der Waals surface area (Å²) in [5, 5.41) is 9.76. The second-order valence-electron chi connectivity index (χ2n) is 4.18. The Morgan fingerprint density at radius 2 is 1.89 bits per heavy atom. The number of benzene rings is 1. The van der Waals surface area contributed by atoms with E-state index in [-0.39, 0.29) is 5.75 Å². The highest BCUT2D eigenvalue weighted by atomic mass is 32.2. The Hall–Kier alpha value is -0.880. The first-order valence-corrected chi connectivity index (χ1v) is 7.32. The number of rotatable bonds is 7. The molecule has 1 atom stereocenters. The average Bonchev–Trinajstić information content (AvgIpc) is 2.30. The van der Waals surface area contributed by atoms with Crippen molar-refractivity contribution in [3.63, 3.8) is 0 Å². The monoisotopic (exact) mass is 294 g/mol. The molecule has 1 aromatic rings. The van der Waals surface area contributed by atoms with Crippen molar-refractivity contribution >= 4 is 11.8 Å². The van der Waals surface area contributed by atoms with Crippen LogP contribution < -0.4 is 4.74 Å². The van der Waals surface area contributed by atoms with Crippen molar-refractivity contribution in [2.24, 2.45) is 0 Å². The summed E-state index contributed by atoms with van der Waals surface area (Å²) in [5.41, 5.74) is 0.797. The molecule has 0 bridgehead atoms. The maximum absolute atomic E-state index is 12.0. The first kappa shape index (κ1) is 16.2. The van der Waals surface area contributed by atoms with E-state index in [0.29, 0.717) is 12.8 Å². The van der Waals surface area contributed by atoms with Gasteiger partial charge in [-0.3, -0.25) is 0 Å². The molecule has 6 heteroatoms. The summed E-state index contributed by atoms with van der Waals surface area (Å²) in [7, 11) is 0. The van der Waals surface area contributed by atoms with Gasteiger partial charge in [-0.05, 0) is 49.0 Å². The van der Waals surface area contributed by atoms with Crippen molar-refractivity contribution in [3.8, 4) is 5.75 Å². The highest BCUT2D eigenvalue weighted by molar-refractivity contribution is 7.98. The molecule has 1 unspecified atom stereocenters. The van der Waals surface area contributed by atoms with E-state index in [1.165, 1.54) is 12.1 Å². The second kappa shape index (κ2) is 7.65. The summed E-state index contributed by atoms with van der Waals surface area (Å²) in [6, 6.07) is 5.60. The van der Waals surface area contributed by atoms with Crippen LogP contribution in [0.5, 0.6) is 5.75 Å². The first-order valence-electron chi connectivity index (χ1n) is 5.92. The Bertz CT molecular complexity index is 365. The molecule has 0 aliphatic carbocycles. The van der Waals surface area contributed by atoms with E-state index < -0.39 is 12.5 Å². The molecule has 0 heterocycles. The third-order valence-electron chi connectivity index (χ3n) is 2.51. The Balaban J connectivity index is 2.43. The van der Waals surface area contributed by atoms with Gasteiger partial charge in [0.05, 0.1) is 6.10 Å². The molecule has 0 aromatic heterocycles. The van der Waals surface area contributed by atoms with Gasteiger partial charge in [-0.2, -0.15) is 11.8 Å². The van der Waals surface area contributed by atoms with Crippen LogP contribution >= 0.6 is 11.8 Å². The van der Waals surface area contributed by atoms with Crippen LogP contribution in [0.2, 0.25) is 0 Å². The smallest absolute Gasteiger partial charge is 0.406 e. The molecule has 0 spiro atoms. The number of aliphatic hydroxyl groups is 1. The summed E-state index contributed by atoms with van der Waals surface area (Å²) in [4.78, 5) is 0. The van der Waals surface area contributed by atoms with Crippen molar-refractivity contribution in [2.45, 2.75) is 31.7 Å². The van der Waals surface area contributed by atoms with Crippen molar-refractivity contribution in [1.29, 1.82) is 0 Å². The van der Waals surface area contributed by atoms with Gasteiger partial charge in [-0.15, -0.1) is 13.2 Å². The standard InChI is InChI=1S/C13H17F3O2S/c1-19-8-2-3-11(17)9-10-4-6-12(7-5-10)18-13(14,15)16/h4-7,11,17H,2-3,8-9H2,1H3. The average molecular weight is 294 g/mol. The zero-order chi connectivity index (χ0) is 14.3.